The molecule has 0 spiro atoms. The first-order valence-electron chi connectivity index (χ1n) is 28.0. The summed E-state index contributed by atoms with van der Waals surface area (Å²) in [4.78, 5) is 5.24. The van der Waals surface area contributed by atoms with Crippen LogP contribution in [0.1, 0.15) is 83.7 Å². The van der Waals surface area contributed by atoms with Crippen molar-refractivity contribution in [3.8, 4) is 5.69 Å². The first kappa shape index (κ1) is 44.7. The van der Waals surface area contributed by atoms with Crippen LogP contribution < -0.4 is 26.2 Å². The maximum atomic E-state index is 2.90. The largest absolute Gasteiger partial charge is 0.333 e. The summed E-state index contributed by atoms with van der Waals surface area (Å²) in [7, 11) is 0. The van der Waals surface area contributed by atoms with E-state index in [1.165, 1.54) is 139 Å². The zero-order chi connectivity index (χ0) is 49.9. The Kier molecular flexibility index (Phi) is 10.4. The van der Waals surface area contributed by atoms with Gasteiger partial charge in [0.2, 0.25) is 0 Å². The average Bonchev–Trinajstić information content (AvgIpc) is 3.98. The lowest BCUT2D eigenvalue weighted by atomic mass is 9.33. The van der Waals surface area contributed by atoms with Gasteiger partial charge in [-0.3, -0.25) is 0 Å². The Morgan fingerprint density at radius 2 is 1.08 bits per heavy atom. The first-order chi connectivity index (χ1) is 36.9. The quantitative estimate of drug-likeness (QED) is 0.122. The molecule has 0 fully saturated rings. The number of fused-ring (bicyclic) bond motifs is 11. The number of aromatic nitrogens is 2. The lowest BCUT2D eigenvalue weighted by molar-refractivity contribution is 0.207. The number of hydrogen-bond donors (Lipinski definition) is 0. The number of benzene rings is 8. The predicted octanol–water partition coefficient (Wildman–Crippen LogP) is 16.9. The molecule has 0 amide bonds. The van der Waals surface area contributed by atoms with E-state index in [4.69, 9.17) is 0 Å². The maximum absolute atomic E-state index is 2.90. The Morgan fingerprint density at radius 1 is 0.467 bits per heavy atom. The second kappa shape index (κ2) is 17.4. The van der Waals surface area contributed by atoms with Crippen LogP contribution in [0.3, 0.4) is 0 Å². The molecule has 8 aromatic carbocycles. The summed E-state index contributed by atoms with van der Waals surface area (Å²) in [6.07, 6.45) is 22.1. The zero-order valence-electron chi connectivity index (χ0n) is 43.5. The molecule has 0 saturated carbocycles. The van der Waals surface area contributed by atoms with E-state index >= 15 is 0 Å². The molecule has 5 aliphatic rings. The van der Waals surface area contributed by atoms with E-state index in [1.807, 2.05) is 0 Å². The van der Waals surface area contributed by atoms with E-state index in [0.717, 1.165) is 17.8 Å². The summed E-state index contributed by atoms with van der Waals surface area (Å²) in [6, 6.07) is 67.7. The molecule has 0 N–H and O–H groups in total. The molecule has 2 aromatic heterocycles. The van der Waals surface area contributed by atoms with Gasteiger partial charge in [-0.15, -0.1) is 0 Å². The van der Waals surface area contributed by atoms with Gasteiger partial charge < -0.3 is 18.9 Å². The van der Waals surface area contributed by atoms with Gasteiger partial charge in [0, 0.05) is 72.4 Å². The number of anilines is 6. The van der Waals surface area contributed by atoms with Gasteiger partial charge >= 0.3 is 0 Å². The van der Waals surface area contributed by atoms with E-state index < -0.39 is 0 Å². The van der Waals surface area contributed by atoms with Crippen LogP contribution in [0.5, 0.6) is 0 Å². The molecule has 0 radical (unpaired) electrons. The van der Waals surface area contributed by atoms with Crippen molar-refractivity contribution in [2.45, 2.75) is 83.6 Å². The molecule has 4 atom stereocenters. The predicted molar refractivity (Wildman–Crippen MR) is 319 cm³/mol. The molecule has 75 heavy (non-hydrogen) atoms. The second-order valence-electron chi connectivity index (χ2n) is 23.3. The number of para-hydroxylation sites is 5. The van der Waals surface area contributed by atoms with Crippen LogP contribution in [0.2, 0.25) is 0 Å². The molecule has 4 heterocycles. The Balaban J connectivity index is 1.06. The number of allylic oxidation sites excluding steroid dienone is 6. The van der Waals surface area contributed by atoms with Crippen LogP contribution in [0.25, 0.3) is 49.3 Å². The van der Waals surface area contributed by atoms with Crippen LogP contribution in [-0.2, 0) is 5.41 Å². The van der Waals surface area contributed by atoms with Gasteiger partial charge in [-0.25, -0.2) is 0 Å². The highest BCUT2D eigenvalue weighted by molar-refractivity contribution is 7.02. The zero-order valence-corrected chi connectivity index (χ0v) is 43.5. The average molecular weight is 971 g/mol. The normalized spacial score (nSPS) is 20.2. The standard InChI is InChI=1S/C70H63BN4/c1-70(2,3)48-43-64-67-65(44-48)73(50-29-14-7-15-30-50)63-45-51(74-58-36-19-16-31-54(58)55-32-17-20-37-59(55)74)39-40-57(63)71(67)68-62(72(64)49-27-12-6-13-28-49)42-41-61-66(68)56-33-18-21-38-60(56)75(61)69-52(46-23-8-4-9-24-46)34-22-35-53(69)47-25-10-5-11-26-47/h4-8,10,12-21,27-34,36-47,53,69H,9,11,22-26,35H2,1-3H3. The minimum atomic E-state index is -0.126. The fraction of sp³-hybridized carbons (Fsp3) is 0.229. The first-order valence-corrected chi connectivity index (χ1v) is 28.0. The lowest BCUT2D eigenvalue weighted by Gasteiger charge is -2.45. The highest BCUT2D eigenvalue weighted by Gasteiger charge is 2.47. The van der Waals surface area contributed by atoms with Gasteiger partial charge in [-0.1, -0.05) is 148 Å². The third-order valence-corrected chi connectivity index (χ3v) is 18.2. The smallest absolute Gasteiger partial charge is 0.253 e. The monoisotopic (exact) mass is 971 g/mol. The van der Waals surface area contributed by atoms with Crippen LogP contribution in [0, 0.1) is 17.8 Å². The highest BCUT2D eigenvalue weighted by atomic mass is 15.2. The van der Waals surface area contributed by atoms with Crippen LogP contribution in [-0.4, -0.2) is 15.8 Å². The summed E-state index contributed by atoms with van der Waals surface area (Å²) in [5.74, 6) is 1.79. The summed E-state index contributed by atoms with van der Waals surface area (Å²) < 4.78 is 5.39. The minimum Gasteiger partial charge on any atom is -0.333 e. The summed E-state index contributed by atoms with van der Waals surface area (Å²) in [5.41, 5.74) is 20.7. The topological polar surface area (TPSA) is 16.3 Å². The van der Waals surface area contributed by atoms with Crippen molar-refractivity contribution in [1.29, 1.82) is 0 Å². The number of hydrogen-bond acceptors (Lipinski definition) is 2. The van der Waals surface area contributed by atoms with Crippen molar-refractivity contribution >= 4 is 101 Å². The molecule has 5 heteroatoms. The van der Waals surface area contributed by atoms with Crippen LogP contribution in [0.4, 0.5) is 34.1 Å². The fourth-order valence-electron chi connectivity index (χ4n) is 14.9. The minimum absolute atomic E-state index is 0.0618. The van der Waals surface area contributed by atoms with Gasteiger partial charge in [-0.2, -0.15) is 0 Å². The molecule has 366 valence electrons. The van der Waals surface area contributed by atoms with Crippen LogP contribution >= 0.6 is 0 Å². The molecule has 10 aromatic rings. The van der Waals surface area contributed by atoms with Crippen molar-refractivity contribution in [3.63, 3.8) is 0 Å². The fourth-order valence-corrected chi connectivity index (χ4v) is 14.9. The summed E-state index contributed by atoms with van der Waals surface area (Å²) >= 11 is 0. The van der Waals surface area contributed by atoms with Crippen molar-refractivity contribution < 1.29 is 0 Å². The molecule has 4 nitrogen and oxygen atoms in total. The maximum Gasteiger partial charge on any atom is 0.253 e. The molecule has 4 unspecified atom stereocenters. The molecular weight excluding hydrogens is 908 g/mol. The Labute approximate surface area is 442 Å². The molecule has 2 aliphatic heterocycles. The van der Waals surface area contributed by atoms with Gasteiger partial charge in [0.15, 0.2) is 0 Å². The SMILES string of the molecule is CC(C)(C)c1cc2c3c(c1)N(c1ccccc1)c1ccc4c(c1B3c1ccc(-n3c5ccccc5c5ccccc53)cc1N2c1ccccc1)c1ccccc1n4C1C(C2CC=CCC2)=CCCC1C1CC=CCC1. The molecular formula is C70H63BN4. The molecule has 15 rings (SSSR count). The third-order valence-electron chi connectivity index (χ3n) is 18.2. The summed E-state index contributed by atoms with van der Waals surface area (Å²) in [5, 5.41) is 5.30. The third kappa shape index (κ3) is 6.89. The highest BCUT2D eigenvalue weighted by Crippen LogP contribution is 2.53. The molecule has 0 bridgehead atoms. The number of rotatable bonds is 6. The molecule has 0 saturated heterocycles. The van der Waals surface area contributed by atoms with E-state index in [2.05, 4.69) is 246 Å². The van der Waals surface area contributed by atoms with E-state index in [-0.39, 0.29) is 12.1 Å². The summed E-state index contributed by atoms with van der Waals surface area (Å²) in [6.45, 7) is 7.06. The van der Waals surface area contributed by atoms with Crippen molar-refractivity contribution in [3.05, 3.63) is 217 Å². The molecule has 3 aliphatic carbocycles. The van der Waals surface area contributed by atoms with Crippen molar-refractivity contribution in [2.75, 3.05) is 9.80 Å². The van der Waals surface area contributed by atoms with Crippen molar-refractivity contribution in [1.82, 2.24) is 9.13 Å². The number of nitrogens with zero attached hydrogens (tertiary/aromatic N) is 4. The Hall–Kier alpha value is -7.76. The van der Waals surface area contributed by atoms with Gasteiger partial charge in [0.1, 0.15) is 0 Å². The van der Waals surface area contributed by atoms with E-state index in [9.17, 15) is 0 Å². The Bertz CT molecular complexity index is 3940. The second-order valence-corrected chi connectivity index (χ2v) is 23.3. The van der Waals surface area contributed by atoms with Crippen molar-refractivity contribution in [2.24, 2.45) is 17.8 Å². The Morgan fingerprint density at radius 3 is 1.72 bits per heavy atom. The lowest BCUT2D eigenvalue weighted by Crippen LogP contribution is -2.61. The van der Waals surface area contributed by atoms with Gasteiger partial charge in [0.25, 0.3) is 6.71 Å². The van der Waals surface area contributed by atoms with E-state index in [1.54, 1.807) is 5.57 Å². The van der Waals surface area contributed by atoms with Crippen LogP contribution in [0.15, 0.2) is 212 Å². The van der Waals surface area contributed by atoms with Gasteiger partial charge in [-0.05, 0) is 181 Å². The van der Waals surface area contributed by atoms with Gasteiger partial charge in [0.05, 0.1) is 17.1 Å². The van der Waals surface area contributed by atoms with E-state index in [0.29, 0.717) is 23.8 Å².